The van der Waals surface area contributed by atoms with Crippen molar-refractivity contribution in [1.82, 2.24) is 4.98 Å². The summed E-state index contributed by atoms with van der Waals surface area (Å²) in [5, 5.41) is 1.07. The molecule has 66 valence electrons. The van der Waals surface area contributed by atoms with Gasteiger partial charge in [0.2, 0.25) is 0 Å². The normalized spacial score (nSPS) is 21.1. The molecule has 1 aromatic rings. The van der Waals surface area contributed by atoms with Gasteiger partial charge in [-0.2, -0.15) is 0 Å². The molecule has 1 aliphatic heterocycles. The lowest BCUT2D eigenvalue weighted by molar-refractivity contribution is 0.417. The molecule has 0 spiro atoms. The Balaban J connectivity index is 2.30. The van der Waals surface area contributed by atoms with Gasteiger partial charge in [-0.25, -0.2) is 4.98 Å². The summed E-state index contributed by atoms with van der Waals surface area (Å²) >= 11 is 1.73. The van der Waals surface area contributed by atoms with Crippen LogP contribution in [0.2, 0.25) is 0 Å². The van der Waals surface area contributed by atoms with Gasteiger partial charge in [0.1, 0.15) is 6.10 Å². The number of hydrogen-bond acceptors (Lipinski definition) is 4. The first-order valence-electron chi connectivity index (χ1n) is 3.94. The molecular formula is C8H12N2OS. The van der Waals surface area contributed by atoms with Crippen molar-refractivity contribution in [3.63, 3.8) is 0 Å². The smallest absolute Gasteiger partial charge is 0.185 e. The average Bonchev–Trinajstić information content (AvgIpc) is 2.75. The largest absolute Gasteiger partial charge is 0.367 e. The van der Waals surface area contributed by atoms with Crippen LogP contribution in [-0.4, -0.2) is 25.7 Å². The standard InChI is InChI=1S/C8H12N2OS/c1-5-7(6-4-11-6)12-8(9-5)10(2)3/h6H,4H2,1-3H3/t6-/m0/s1. The van der Waals surface area contributed by atoms with Crippen LogP contribution in [0.3, 0.4) is 0 Å². The number of anilines is 1. The highest BCUT2D eigenvalue weighted by Crippen LogP contribution is 2.38. The Labute approximate surface area is 76.0 Å². The summed E-state index contributed by atoms with van der Waals surface area (Å²) in [4.78, 5) is 7.76. The minimum Gasteiger partial charge on any atom is -0.367 e. The maximum atomic E-state index is 5.22. The first-order chi connectivity index (χ1) is 5.68. The summed E-state index contributed by atoms with van der Waals surface area (Å²) < 4.78 is 5.22. The third-order valence-electron chi connectivity index (χ3n) is 1.83. The summed E-state index contributed by atoms with van der Waals surface area (Å²) in [7, 11) is 4.02. The molecule has 12 heavy (non-hydrogen) atoms. The SMILES string of the molecule is Cc1nc(N(C)C)sc1[C@@H]1CO1. The van der Waals surface area contributed by atoms with Gasteiger partial charge in [0.05, 0.1) is 17.2 Å². The van der Waals surface area contributed by atoms with Crippen molar-refractivity contribution in [3.05, 3.63) is 10.6 Å². The molecule has 1 fully saturated rings. The molecule has 0 N–H and O–H groups in total. The van der Waals surface area contributed by atoms with Gasteiger partial charge in [-0.15, -0.1) is 0 Å². The lowest BCUT2D eigenvalue weighted by Crippen LogP contribution is -2.07. The zero-order chi connectivity index (χ0) is 8.72. The number of aryl methyl sites for hydroxylation is 1. The minimum atomic E-state index is 0.344. The number of aromatic nitrogens is 1. The van der Waals surface area contributed by atoms with Crippen molar-refractivity contribution in [2.24, 2.45) is 0 Å². The predicted octanol–water partition coefficient (Wildman–Crippen LogP) is 1.59. The third-order valence-corrected chi connectivity index (χ3v) is 3.25. The fourth-order valence-electron chi connectivity index (χ4n) is 1.08. The second kappa shape index (κ2) is 2.71. The molecule has 0 bridgehead atoms. The van der Waals surface area contributed by atoms with E-state index in [2.05, 4.69) is 4.98 Å². The van der Waals surface area contributed by atoms with E-state index in [0.717, 1.165) is 17.4 Å². The molecule has 1 saturated heterocycles. The summed E-state index contributed by atoms with van der Waals surface area (Å²) in [5.41, 5.74) is 1.12. The van der Waals surface area contributed by atoms with Crippen molar-refractivity contribution in [2.45, 2.75) is 13.0 Å². The Morgan fingerprint density at radius 1 is 1.58 bits per heavy atom. The molecule has 0 aromatic carbocycles. The Hall–Kier alpha value is -0.610. The molecule has 2 heterocycles. The van der Waals surface area contributed by atoms with Gasteiger partial charge in [0, 0.05) is 14.1 Å². The van der Waals surface area contributed by atoms with Crippen LogP contribution in [0.1, 0.15) is 16.7 Å². The molecule has 3 nitrogen and oxygen atoms in total. The van der Waals surface area contributed by atoms with Crippen LogP contribution in [0.5, 0.6) is 0 Å². The second-order valence-corrected chi connectivity index (χ2v) is 4.17. The molecule has 1 atom stereocenters. The molecule has 0 saturated carbocycles. The highest BCUT2D eigenvalue weighted by molar-refractivity contribution is 7.15. The van der Waals surface area contributed by atoms with E-state index in [-0.39, 0.29) is 0 Å². The number of epoxide rings is 1. The van der Waals surface area contributed by atoms with Crippen LogP contribution in [-0.2, 0) is 4.74 Å². The molecule has 1 aromatic heterocycles. The van der Waals surface area contributed by atoms with E-state index in [0.29, 0.717) is 6.10 Å². The highest BCUT2D eigenvalue weighted by Gasteiger charge is 2.29. The number of ether oxygens (including phenoxy) is 1. The van der Waals surface area contributed by atoms with Crippen LogP contribution in [0.15, 0.2) is 0 Å². The van der Waals surface area contributed by atoms with Gasteiger partial charge in [0.15, 0.2) is 5.13 Å². The van der Waals surface area contributed by atoms with Crippen LogP contribution >= 0.6 is 11.3 Å². The Bertz CT molecular complexity index is 291. The van der Waals surface area contributed by atoms with Crippen molar-refractivity contribution < 1.29 is 4.74 Å². The monoisotopic (exact) mass is 184 g/mol. The van der Waals surface area contributed by atoms with E-state index in [1.54, 1.807) is 11.3 Å². The van der Waals surface area contributed by atoms with Crippen LogP contribution in [0.25, 0.3) is 0 Å². The van der Waals surface area contributed by atoms with Gasteiger partial charge >= 0.3 is 0 Å². The quantitative estimate of drug-likeness (QED) is 0.653. The van der Waals surface area contributed by atoms with E-state index >= 15 is 0 Å². The number of hydrogen-bond donors (Lipinski definition) is 0. The van der Waals surface area contributed by atoms with Crippen LogP contribution < -0.4 is 4.90 Å². The molecular weight excluding hydrogens is 172 g/mol. The van der Waals surface area contributed by atoms with Crippen LogP contribution in [0, 0.1) is 6.92 Å². The van der Waals surface area contributed by atoms with Gasteiger partial charge in [-0.3, -0.25) is 0 Å². The van der Waals surface area contributed by atoms with Gasteiger partial charge < -0.3 is 9.64 Å². The summed E-state index contributed by atoms with van der Waals surface area (Å²) in [6.45, 7) is 2.91. The second-order valence-electron chi connectivity index (χ2n) is 3.16. The number of nitrogens with zero attached hydrogens (tertiary/aromatic N) is 2. The Kier molecular flexibility index (Phi) is 1.81. The lowest BCUT2D eigenvalue weighted by atomic mass is 10.3. The Morgan fingerprint density at radius 2 is 2.25 bits per heavy atom. The molecule has 2 rings (SSSR count). The predicted molar refractivity (Wildman–Crippen MR) is 49.9 cm³/mol. The first-order valence-corrected chi connectivity index (χ1v) is 4.76. The summed E-state index contributed by atoms with van der Waals surface area (Å²) in [6, 6.07) is 0. The first kappa shape index (κ1) is 8.01. The van der Waals surface area contributed by atoms with Gasteiger partial charge in [-0.1, -0.05) is 11.3 Å². The molecule has 0 unspecified atom stereocenters. The minimum absolute atomic E-state index is 0.344. The molecule has 0 amide bonds. The zero-order valence-electron chi connectivity index (χ0n) is 7.50. The van der Waals surface area contributed by atoms with Crippen molar-refractivity contribution >= 4 is 16.5 Å². The summed E-state index contributed by atoms with van der Waals surface area (Å²) in [5.74, 6) is 0. The number of rotatable bonds is 2. The van der Waals surface area contributed by atoms with Crippen LogP contribution in [0.4, 0.5) is 5.13 Å². The maximum Gasteiger partial charge on any atom is 0.185 e. The van der Waals surface area contributed by atoms with Crippen molar-refractivity contribution in [2.75, 3.05) is 25.6 Å². The topological polar surface area (TPSA) is 28.7 Å². The fraction of sp³-hybridized carbons (Fsp3) is 0.625. The average molecular weight is 184 g/mol. The van der Waals surface area contributed by atoms with Crippen molar-refractivity contribution in [1.29, 1.82) is 0 Å². The molecule has 4 heteroatoms. The van der Waals surface area contributed by atoms with Gasteiger partial charge in [0.25, 0.3) is 0 Å². The third kappa shape index (κ3) is 1.32. The number of thiazole rings is 1. The lowest BCUT2D eigenvalue weighted by Gasteiger charge is -2.04. The van der Waals surface area contributed by atoms with E-state index in [1.165, 1.54) is 4.88 Å². The zero-order valence-corrected chi connectivity index (χ0v) is 8.31. The van der Waals surface area contributed by atoms with E-state index in [1.807, 2.05) is 25.9 Å². The fourth-order valence-corrected chi connectivity index (χ4v) is 2.11. The summed E-state index contributed by atoms with van der Waals surface area (Å²) in [6.07, 6.45) is 0.344. The highest BCUT2D eigenvalue weighted by atomic mass is 32.1. The van der Waals surface area contributed by atoms with E-state index < -0.39 is 0 Å². The van der Waals surface area contributed by atoms with E-state index in [9.17, 15) is 0 Å². The Morgan fingerprint density at radius 3 is 2.67 bits per heavy atom. The maximum absolute atomic E-state index is 5.22. The van der Waals surface area contributed by atoms with Gasteiger partial charge in [-0.05, 0) is 6.92 Å². The molecule has 1 aliphatic rings. The molecule has 0 radical (unpaired) electrons. The molecule has 0 aliphatic carbocycles. The van der Waals surface area contributed by atoms with Crippen molar-refractivity contribution in [3.8, 4) is 0 Å². The van der Waals surface area contributed by atoms with E-state index in [4.69, 9.17) is 4.74 Å².